The van der Waals surface area contributed by atoms with Gasteiger partial charge in [0.25, 0.3) is 0 Å². The second kappa shape index (κ2) is 8.30. The van der Waals surface area contributed by atoms with Crippen molar-refractivity contribution in [2.24, 2.45) is 5.10 Å². The predicted octanol–water partition coefficient (Wildman–Crippen LogP) is 2.80. The highest BCUT2D eigenvalue weighted by Gasteiger charge is 2.13. The molecule has 0 aromatic heterocycles. The summed E-state index contributed by atoms with van der Waals surface area (Å²) in [5, 5.41) is 6.76. The van der Waals surface area contributed by atoms with E-state index in [2.05, 4.69) is 15.8 Å². The Labute approximate surface area is 151 Å². The standard InChI is InChI=1S/C18H19ClN4O2/c1-12-4-7-14(10-16(12)19)21-17(24)18(25)22-20-11-13-5-8-15(9-6-13)23(2)3/h4-11H,1-3H3,(H,21,24)(H,22,25). The van der Waals surface area contributed by atoms with Crippen LogP contribution in [0.25, 0.3) is 0 Å². The highest BCUT2D eigenvalue weighted by Crippen LogP contribution is 2.19. The van der Waals surface area contributed by atoms with Crippen LogP contribution in [-0.4, -0.2) is 32.1 Å². The number of carbonyl (C=O) groups is 2. The Morgan fingerprint density at radius 3 is 2.36 bits per heavy atom. The van der Waals surface area contributed by atoms with Crippen LogP contribution in [-0.2, 0) is 9.59 Å². The molecule has 2 aromatic rings. The second-order valence-corrected chi connectivity index (χ2v) is 6.01. The van der Waals surface area contributed by atoms with Gasteiger partial charge in [0.1, 0.15) is 0 Å². The van der Waals surface area contributed by atoms with Gasteiger partial charge in [0.15, 0.2) is 0 Å². The van der Waals surface area contributed by atoms with E-state index in [1.807, 2.05) is 50.2 Å². The number of hydrazone groups is 1. The van der Waals surface area contributed by atoms with Gasteiger partial charge in [0, 0.05) is 30.5 Å². The molecule has 0 aliphatic heterocycles. The van der Waals surface area contributed by atoms with E-state index in [-0.39, 0.29) is 0 Å². The van der Waals surface area contributed by atoms with Gasteiger partial charge in [-0.05, 0) is 42.3 Å². The molecule has 0 saturated carbocycles. The van der Waals surface area contributed by atoms with Gasteiger partial charge < -0.3 is 10.2 Å². The summed E-state index contributed by atoms with van der Waals surface area (Å²) >= 11 is 5.98. The molecule has 7 heteroatoms. The van der Waals surface area contributed by atoms with Crippen LogP contribution in [0.2, 0.25) is 5.02 Å². The summed E-state index contributed by atoms with van der Waals surface area (Å²) in [7, 11) is 3.90. The zero-order chi connectivity index (χ0) is 18.4. The molecule has 0 heterocycles. The van der Waals surface area contributed by atoms with E-state index in [1.165, 1.54) is 6.21 Å². The molecule has 0 saturated heterocycles. The number of anilines is 2. The van der Waals surface area contributed by atoms with Crippen LogP contribution in [0.3, 0.4) is 0 Å². The van der Waals surface area contributed by atoms with Gasteiger partial charge in [-0.3, -0.25) is 9.59 Å². The molecule has 2 amide bonds. The van der Waals surface area contributed by atoms with Crippen molar-refractivity contribution in [1.82, 2.24) is 5.43 Å². The van der Waals surface area contributed by atoms with Gasteiger partial charge in [-0.2, -0.15) is 5.10 Å². The first-order valence-corrected chi connectivity index (χ1v) is 7.92. The maximum Gasteiger partial charge on any atom is 0.329 e. The number of hydrogen-bond donors (Lipinski definition) is 2. The van der Waals surface area contributed by atoms with Crippen LogP contribution in [0.4, 0.5) is 11.4 Å². The molecular weight excluding hydrogens is 340 g/mol. The smallest absolute Gasteiger partial charge is 0.329 e. The van der Waals surface area contributed by atoms with Gasteiger partial charge in [-0.15, -0.1) is 0 Å². The van der Waals surface area contributed by atoms with E-state index in [0.29, 0.717) is 10.7 Å². The first-order chi connectivity index (χ1) is 11.9. The summed E-state index contributed by atoms with van der Waals surface area (Å²) < 4.78 is 0. The van der Waals surface area contributed by atoms with Crippen molar-refractivity contribution in [3.05, 3.63) is 58.6 Å². The molecule has 0 bridgehead atoms. The number of hydrogen-bond acceptors (Lipinski definition) is 4. The SMILES string of the molecule is Cc1ccc(NC(=O)C(=O)NN=Cc2ccc(N(C)C)cc2)cc1Cl. The maximum atomic E-state index is 11.8. The van der Waals surface area contributed by atoms with E-state index < -0.39 is 11.8 Å². The van der Waals surface area contributed by atoms with Crippen molar-refractivity contribution in [1.29, 1.82) is 0 Å². The fourth-order valence-corrected chi connectivity index (χ4v) is 2.11. The minimum absolute atomic E-state index is 0.444. The van der Waals surface area contributed by atoms with Gasteiger partial charge in [0.2, 0.25) is 0 Å². The van der Waals surface area contributed by atoms with Gasteiger partial charge in [-0.1, -0.05) is 29.8 Å². The predicted molar refractivity (Wildman–Crippen MR) is 101 cm³/mol. The molecule has 130 valence electrons. The summed E-state index contributed by atoms with van der Waals surface area (Å²) in [6.45, 7) is 1.85. The van der Waals surface area contributed by atoms with Crippen molar-refractivity contribution in [3.63, 3.8) is 0 Å². The van der Waals surface area contributed by atoms with E-state index in [1.54, 1.807) is 18.2 Å². The third-order valence-corrected chi connectivity index (χ3v) is 3.83. The average molecular weight is 359 g/mol. The molecule has 0 aliphatic carbocycles. The summed E-state index contributed by atoms with van der Waals surface area (Å²) in [6.07, 6.45) is 1.47. The molecular formula is C18H19ClN4O2. The lowest BCUT2D eigenvalue weighted by Crippen LogP contribution is -2.32. The van der Waals surface area contributed by atoms with Gasteiger partial charge >= 0.3 is 11.8 Å². The summed E-state index contributed by atoms with van der Waals surface area (Å²) in [5.41, 5.74) is 5.37. The third kappa shape index (κ3) is 5.32. The number of rotatable bonds is 4. The monoisotopic (exact) mass is 358 g/mol. The Kier molecular flexibility index (Phi) is 6.14. The molecule has 2 N–H and O–H groups in total. The minimum Gasteiger partial charge on any atom is -0.378 e. The van der Waals surface area contributed by atoms with E-state index >= 15 is 0 Å². The van der Waals surface area contributed by atoms with Crippen LogP contribution in [0.1, 0.15) is 11.1 Å². The molecule has 25 heavy (non-hydrogen) atoms. The summed E-state index contributed by atoms with van der Waals surface area (Å²) in [4.78, 5) is 25.6. The summed E-state index contributed by atoms with van der Waals surface area (Å²) in [5.74, 6) is -1.68. The summed E-state index contributed by atoms with van der Waals surface area (Å²) in [6, 6.07) is 12.6. The Bertz CT molecular complexity index is 801. The number of benzene rings is 2. The Balaban J connectivity index is 1.90. The third-order valence-electron chi connectivity index (χ3n) is 3.43. The largest absolute Gasteiger partial charge is 0.378 e. The quantitative estimate of drug-likeness (QED) is 0.501. The van der Waals surface area contributed by atoms with Crippen molar-refractivity contribution in [2.45, 2.75) is 6.92 Å². The molecule has 0 aliphatic rings. The minimum atomic E-state index is -0.863. The number of aryl methyl sites for hydroxylation is 1. The molecule has 2 rings (SSSR count). The van der Waals surface area contributed by atoms with Gasteiger partial charge in [-0.25, -0.2) is 5.43 Å². The van der Waals surface area contributed by atoms with Crippen molar-refractivity contribution in [2.75, 3.05) is 24.3 Å². The molecule has 6 nitrogen and oxygen atoms in total. The lowest BCUT2D eigenvalue weighted by atomic mass is 10.2. The first kappa shape index (κ1) is 18.5. The fraction of sp³-hybridized carbons (Fsp3) is 0.167. The fourth-order valence-electron chi connectivity index (χ4n) is 1.93. The van der Waals surface area contributed by atoms with Crippen LogP contribution in [0.15, 0.2) is 47.6 Å². The highest BCUT2D eigenvalue weighted by atomic mass is 35.5. The number of amides is 2. The molecule has 0 atom stereocenters. The van der Waals surface area contributed by atoms with Crippen LogP contribution in [0, 0.1) is 6.92 Å². The van der Waals surface area contributed by atoms with Crippen LogP contribution >= 0.6 is 11.6 Å². The first-order valence-electron chi connectivity index (χ1n) is 7.55. The van der Waals surface area contributed by atoms with E-state index in [4.69, 9.17) is 11.6 Å². The van der Waals surface area contributed by atoms with Crippen LogP contribution in [0.5, 0.6) is 0 Å². The molecule has 0 fully saturated rings. The van der Waals surface area contributed by atoms with E-state index in [0.717, 1.165) is 16.8 Å². The number of nitrogens with one attached hydrogen (secondary N) is 2. The number of halogens is 1. The zero-order valence-corrected chi connectivity index (χ0v) is 15.0. The maximum absolute atomic E-state index is 11.8. The van der Waals surface area contributed by atoms with Crippen molar-refractivity contribution in [3.8, 4) is 0 Å². The molecule has 2 aromatic carbocycles. The van der Waals surface area contributed by atoms with Crippen molar-refractivity contribution < 1.29 is 9.59 Å². The Hall–Kier alpha value is -2.86. The molecule has 0 radical (unpaired) electrons. The van der Waals surface area contributed by atoms with Gasteiger partial charge in [0.05, 0.1) is 6.21 Å². The zero-order valence-electron chi connectivity index (χ0n) is 14.2. The average Bonchev–Trinajstić information content (AvgIpc) is 2.58. The lowest BCUT2D eigenvalue weighted by Gasteiger charge is -2.11. The van der Waals surface area contributed by atoms with Crippen LogP contribution < -0.4 is 15.6 Å². The molecule has 0 unspecified atom stereocenters. The Morgan fingerprint density at radius 2 is 1.76 bits per heavy atom. The molecule has 0 spiro atoms. The number of nitrogens with zero attached hydrogens (tertiary/aromatic N) is 2. The number of carbonyl (C=O) groups excluding carboxylic acids is 2. The normalized spacial score (nSPS) is 10.6. The Morgan fingerprint density at radius 1 is 1.08 bits per heavy atom. The van der Waals surface area contributed by atoms with Crippen molar-refractivity contribution >= 4 is 41.0 Å². The van der Waals surface area contributed by atoms with E-state index in [9.17, 15) is 9.59 Å². The second-order valence-electron chi connectivity index (χ2n) is 5.60. The topological polar surface area (TPSA) is 73.8 Å². The lowest BCUT2D eigenvalue weighted by molar-refractivity contribution is -0.136. The highest BCUT2D eigenvalue weighted by molar-refractivity contribution is 6.39.